The van der Waals surface area contributed by atoms with E-state index in [9.17, 15) is 9.59 Å². The molecule has 1 fully saturated rings. The zero-order chi connectivity index (χ0) is 22.8. The number of halogens is 1. The molecule has 0 radical (unpaired) electrons. The number of hydrogen-bond acceptors (Lipinski definition) is 4. The number of pyridine rings is 1. The number of aromatic nitrogens is 2. The SMILES string of the molecule is Cc1c(NC(=O)c2cccc(C#N)c2)cnc2c1c(C1CCN(C(=O)CCl)CC1)cn2C. The van der Waals surface area contributed by atoms with Crippen LogP contribution in [0.2, 0.25) is 0 Å². The molecule has 0 aliphatic carbocycles. The van der Waals surface area contributed by atoms with Crippen molar-refractivity contribution in [2.24, 2.45) is 7.05 Å². The van der Waals surface area contributed by atoms with Crippen molar-refractivity contribution in [1.29, 1.82) is 5.26 Å². The Morgan fingerprint density at radius 2 is 2.06 bits per heavy atom. The summed E-state index contributed by atoms with van der Waals surface area (Å²) in [4.78, 5) is 31.1. The van der Waals surface area contributed by atoms with Crippen molar-refractivity contribution in [3.8, 4) is 6.07 Å². The molecule has 0 bridgehead atoms. The molecular weight excluding hydrogens is 426 g/mol. The number of carbonyl (C=O) groups excluding carboxylic acids is 2. The van der Waals surface area contributed by atoms with Crippen molar-refractivity contribution < 1.29 is 9.59 Å². The average Bonchev–Trinajstić information content (AvgIpc) is 3.17. The predicted octanol–water partition coefficient (Wildman–Crippen LogP) is 3.95. The van der Waals surface area contributed by atoms with Gasteiger partial charge in [-0.15, -0.1) is 11.6 Å². The predicted molar refractivity (Wildman–Crippen MR) is 124 cm³/mol. The Hall–Kier alpha value is -3.37. The molecule has 3 aromatic rings. The number of anilines is 1. The molecule has 0 unspecified atom stereocenters. The quantitative estimate of drug-likeness (QED) is 0.610. The number of fused-ring (bicyclic) bond motifs is 1. The van der Waals surface area contributed by atoms with Gasteiger partial charge in [0.2, 0.25) is 5.91 Å². The Labute approximate surface area is 191 Å². The maximum Gasteiger partial charge on any atom is 0.255 e. The molecule has 8 heteroatoms. The first-order chi connectivity index (χ1) is 15.4. The monoisotopic (exact) mass is 449 g/mol. The van der Waals surface area contributed by atoms with E-state index in [-0.39, 0.29) is 17.7 Å². The number of piperidine rings is 1. The summed E-state index contributed by atoms with van der Waals surface area (Å²) in [6.07, 6.45) is 5.50. The molecule has 4 rings (SSSR count). The van der Waals surface area contributed by atoms with Crippen molar-refractivity contribution in [1.82, 2.24) is 14.5 Å². The summed E-state index contributed by atoms with van der Waals surface area (Å²) < 4.78 is 2.01. The van der Waals surface area contributed by atoms with E-state index < -0.39 is 0 Å². The van der Waals surface area contributed by atoms with Gasteiger partial charge in [-0.05, 0) is 55.0 Å². The van der Waals surface area contributed by atoms with Crippen molar-refractivity contribution >= 4 is 40.1 Å². The highest BCUT2D eigenvalue weighted by Crippen LogP contribution is 2.37. The highest BCUT2D eigenvalue weighted by molar-refractivity contribution is 6.27. The molecule has 0 spiro atoms. The fourth-order valence-corrected chi connectivity index (χ4v) is 4.59. The van der Waals surface area contributed by atoms with Gasteiger partial charge in [0.05, 0.1) is 23.5 Å². The van der Waals surface area contributed by atoms with E-state index in [1.54, 1.807) is 30.5 Å². The summed E-state index contributed by atoms with van der Waals surface area (Å²) in [5.74, 6) is 0.0161. The van der Waals surface area contributed by atoms with E-state index in [0.717, 1.165) is 29.4 Å². The number of nitriles is 1. The minimum atomic E-state index is -0.281. The van der Waals surface area contributed by atoms with Gasteiger partial charge in [0.15, 0.2) is 0 Å². The molecule has 1 saturated heterocycles. The summed E-state index contributed by atoms with van der Waals surface area (Å²) in [6, 6.07) is 8.66. The minimum absolute atomic E-state index is 0.0162. The maximum atomic E-state index is 12.8. The first kappa shape index (κ1) is 21.8. The van der Waals surface area contributed by atoms with Gasteiger partial charge in [-0.25, -0.2) is 4.98 Å². The van der Waals surface area contributed by atoms with E-state index in [0.29, 0.717) is 35.8 Å². The number of likely N-dealkylation sites (tertiary alicyclic amines) is 1. The summed E-state index contributed by atoms with van der Waals surface area (Å²) in [7, 11) is 1.97. The number of nitrogens with one attached hydrogen (secondary N) is 1. The number of alkyl halides is 1. The van der Waals surface area contributed by atoms with E-state index >= 15 is 0 Å². The molecule has 3 heterocycles. The van der Waals surface area contributed by atoms with Crippen molar-refractivity contribution in [2.45, 2.75) is 25.7 Å². The fourth-order valence-electron chi connectivity index (χ4n) is 4.42. The molecule has 2 amide bonds. The molecule has 0 atom stereocenters. The second kappa shape index (κ2) is 9.01. The number of carbonyl (C=O) groups is 2. The van der Waals surface area contributed by atoms with Crippen molar-refractivity contribution in [3.63, 3.8) is 0 Å². The number of benzene rings is 1. The van der Waals surface area contributed by atoms with E-state index in [2.05, 4.69) is 22.6 Å². The molecule has 0 saturated carbocycles. The van der Waals surface area contributed by atoms with Crippen molar-refractivity contribution in [2.75, 3.05) is 24.3 Å². The van der Waals surface area contributed by atoms with Gasteiger partial charge in [-0.2, -0.15) is 5.26 Å². The summed E-state index contributed by atoms with van der Waals surface area (Å²) in [5, 5.41) is 13.1. The molecule has 2 aromatic heterocycles. The first-order valence-electron chi connectivity index (χ1n) is 10.5. The van der Waals surface area contributed by atoms with Crippen LogP contribution in [0.5, 0.6) is 0 Å². The van der Waals surface area contributed by atoms with Crippen molar-refractivity contribution in [3.05, 3.63) is 58.9 Å². The van der Waals surface area contributed by atoms with E-state index in [1.807, 2.05) is 23.4 Å². The Bertz CT molecular complexity index is 1240. The summed E-state index contributed by atoms with van der Waals surface area (Å²) >= 11 is 5.71. The molecule has 1 N–H and O–H groups in total. The van der Waals surface area contributed by atoms with Crippen LogP contribution in [0.15, 0.2) is 36.7 Å². The normalized spacial score (nSPS) is 14.4. The molecule has 164 valence electrons. The third kappa shape index (κ3) is 4.06. The van der Waals surface area contributed by atoms with Gasteiger partial charge in [-0.3, -0.25) is 9.59 Å². The molecule has 32 heavy (non-hydrogen) atoms. The van der Waals surface area contributed by atoms with E-state index in [4.69, 9.17) is 16.9 Å². The van der Waals surface area contributed by atoms with Crippen LogP contribution in [0, 0.1) is 18.3 Å². The third-order valence-corrected chi connectivity index (χ3v) is 6.41. The van der Waals surface area contributed by atoms with Gasteiger partial charge in [0.1, 0.15) is 11.5 Å². The number of rotatable bonds is 4. The molecular formula is C24H24ClN5O2. The highest BCUT2D eigenvalue weighted by atomic mass is 35.5. The van der Waals surface area contributed by atoms with Crippen LogP contribution in [0.4, 0.5) is 5.69 Å². The topological polar surface area (TPSA) is 91.0 Å². The lowest BCUT2D eigenvalue weighted by Crippen LogP contribution is -2.38. The van der Waals surface area contributed by atoms with Crippen LogP contribution in [-0.4, -0.2) is 45.2 Å². The standard InChI is InChI=1S/C24H24ClN5O2/c1-15-20(28-24(32)18-5-3-4-16(10-18)12-26)13-27-23-22(15)19(14-29(23)2)17-6-8-30(9-7-17)21(31)11-25/h3-5,10,13-14,17H,6-9,11H2,1-2H3,(H,28,32). The van der Waals surface area contributed by atoms with Gasteiger partial charge in [-0.1, -0.05) is 6.07 Å². The lowest BCUT2D eigenvalue weighted by atomic mass is 9.88. The zero-order valence-electron chi connectivity index (χ0n) is 18.1. The minimum Gasteiger partial charge on any atom is -0.342 e. The smallest absolute Gasteiger partial charge is 0.255 e. The fraction of sp³-hybridized carbons (Fsp3) is 0.333. The third-order valence-electron chi connectivity index (χ3n) is 6.18. The zero-order valence-corrected chi connectivity index (χ0v) is 18.8. The number of nitrogens with zero attached hydrogens (tertiary/aromatic N) is 4. The second-order valence-corrected chi connectivity index (χ2v) is 8.39. The van der Waals surface area contributed by atoms with Crippen LogP contribution >= 0.6 is 11.6 Å². The summed E-state index contributed by atoms with van der Waals surface area (Å²) in [6.45, 7) is 3.36. The van der Waals surface area contributed by atoms with Crippen LogP contribution < -0.4 is 5.32 Å². The van der Waals surface area contributed by atoms with Gasteiger partial charge >= 0.3 is 0 Å². The number of hydrogen-bond donors (Lipinski definition) is 1. The Balaban J connectivity index is 1.63. The van der Waals surface area contributed by atoms with Crippen LogP contribution in [0.3, 0.4) is 0 Å². The van der Waals surface area contributed by atoms with Crippen LogP contribution in [0.1, 0.15) is 45.8 Å². The number of amides is 2. The van der Waals surface area contributed by atoms with Gasteiger partial charge in [0, 0.05) is 37.3 Å². The Kier molecular flexibility index (Phi) is 6.15. The molecule has 1 aliphatic rings. The lowest BCUT2D eigenvalue weighted by Gasteiger charge is -2.31. The Morgan fingerprint density at radius 3 is 2.75 bits per heavy atom. The van der Waals surface area contributed by atoms with E-state index in [1.165, 1.54) is 5.56 Å². The average molecular weight is 450 g/mol. The largest absolute Gasteiger partial charge is 0.342 e. The Morgan fingerprint density at radius 1 is 1.31 bits per heavy atom. The van der Waals surface area contributed by atoms with Crippen LogP contribution in [0.25, 0.3) is 11.0 Å². The molecule has 1 aromatic carbocycles. The second-order valence-electron chi connectivity index (χ2n) is 8.13. The highest BCUT2D eigenvalue weighted by Gasteiger charge is 2.27. The van der Waals surface area contributed by atoms with Gasteiger partial charge < -0.3 is 14.8 Å². The number of aryl methyl sites for hydroxylation is 2. The maximum absolute atomic E-state index is 12.8. The molecule has 7 nitrogen and oxygen atoms in total. The first-order valence-corrected chi connectivity index (χ1v) is 11.1. The van der Waals surface area contributed by atoms with Gasteiger partial charge in [0.25, 0.3) is 5.91 Å². The molecule has 1 aliphatic heterocycles. The lowest BCUT2D eigenvalue weighted by molar-refractivity contribution is -0.129. The summed E-state index contributed by atoms with van der Waals surface area (Å²) in [5.41, 5.74) is 4.51. The van der Waals surface area contributed by atoms with Crippen LogP contribution in [-0.2, 0) is 11.8 Å².